The molecule has 0 radical (unpaired) electrons. The maximum Gasteiger partial charge on any atom is 0.225 e. The van der Waals surface area contributed by atoms with Crippen LogP contribution >= 0.6 is 11.3 Å². The number of rotatable bonds is 4. The molecule has 0 aliphatic carbocycles. The largest absolute Gasteiger partial charge is 0.379 e. The molecular formula is C21H31N5O2S. The van der Waals surface area contributed by atoms with Crippen molar-refractivity contribution in [3.8, 4) is 0 Å². The molecule has 8 heteroatoms. The second-order valence-electron chi connectivity index (χ2n) is 8.28. The predicted octanol–water partition coefficient (Wildman–Crippen LogP) is 2.44. The lowest BCUT2D eigenvalue weighted by Gasteiger charge is -2.36. The molecule has 1 amide bonds. The molecule has 0 saturated carbocycles. The molecule has 0 aromatic carbocycles. The summed E-state index contributed by atoms with van der Waals surface area (Å²) in [6, 6.07) is 0. The SMILES string of the molecule is Cc1sc2nc(CN3CCOCC3)nc(N3CCN(C(=O)C(C)C)CC3)c2c1C. The number of piperazine rings is 1. The van der Waals surface area contributed by atoms with Crippen LogP contribution in [0.1, 0.15) is 30.1 Å². The van der Waals surface area contributed by atoms with Crippen molar-refractivity contribution in [3.05, 3.63) is 16.3 Å². The van der Waals surface area contributed by atoms with Crippen LogP contribution in [0.2, 0.25) is 0 Å². The fraction of sp³-hybridized carbons (Fsp3) is 0.667. The number of anilines is 1. The van der Waals surface area contributed by atoms with Gasteiger partial charge in [0.2, 0.25) is 5.91 Å². The summed E-state index contributed by atoms with van der Waals surface area (Å²) in [4.78, 5) is 31.4. The normalized spacial score (nSPS) is 18.8. The Balaban J connectivity index is 1.61. The van der Waals surface area contributed by atoms with Crippen LogP contribution < -0.4 is 4.90 Å². The lowest BCUT2D eigenvalue weighted by Crippen LogP contribution is -2.50. The number of carbonyl (C=O) groups excluding carboxylic acids is 1. The number of aromatic nitrogens is 2. The van der Waals surface area contributed by atoms with E-state index in [1.807, 2.05) is 18.7 Å². The minimum Gasteiger partial charge on any atom is -0.379 e. The molecule has 0 bridgehead atoms. The molecular weight excluding hydrogens is 386 g/mol. The summed E-state index contributed by atoms with van der Waals surface area (Å²) in [5.74, 6) is 2.22. The zero-order valence-electron chi connectivity index (χ0n) is 17.9. The molecule has 2 aromatic rings. The van der Waals surface area contributed by atoms with Crippen molar-refractivity contribution in [2.24, 2.45) is 5.92 Å². The van der Waals surface area contributed by atoms with Crippen LogP contribution in [0, 0.1) is 19.8 Å². The summed E-state index contributed by atoms with van der Waals surface area (Å²) in [5, 5.41) is 1.18. The maximum absolute atomic E-state index is 12.4. The van der Waals surface area contributed by atoms with Gasteiger partial charge in [0.1, 0.15) is 16.5 Å². The molecule has 4 heterocycles. The first-order valence-electron chi connectivity index (χ1n) is 10.5. The van der Waals surface area contributed by atoms with Gasteiger partial charge in [-0.3, -0.25) is 9.69 Å². The Hall–Kier alpha value is -1.77. The summed E-state index contributed by atoms with van der Waals surface area (Å²) < 4.78 is 5.47. The first-order valence-corrected chi connectivity index (χ1v) is 11.4. The Morgan fingerprint density at radius 3 is 2.41 bits per heavy atom. The number of nitrogens with zero attached hydrogens (tertiary/aromatic N) is 5. The molecule has 4 rings (SSSR count). The Kier molecular flexibility index (Phi) is 6.03. The first-order chi connectivity index (χ1) is 13.9. The van der Waals surface area contributed by atoms with Crippen molar-refractivity contribution in [3.63, 3.8) is 0 Å². The molecule has 158 valence electrons. The van der Waals surface area contributed by atoms with E-state index in [1.54, 1.807) is 11.3 Å². The molecule has 2 aromatic heterocycles. The second-order valence-corrected chi connectivity index (χ2v) is 9.49. The number of hydrogen-bond donors (Lipinski definition) is 0. The molecule has 2 saturated heterocycles. The fourth-order valence-corrected chi connectivity index (χ4v) is 5.08. The van der Waals surface area contributed by atoms with Crippen LogP contribution in [-0.4, -0.2) is 78.2 Å². The number of aryl methyl sites for hydroxylation is 2. The van der Waals surface area contributed by atoms with Gasteiger partial charge in [-0.15, -0.1) is 11.3 Å². The second kappa shape index (κ2) is 8.53. The number of morpholine rings is 1. The lowest BCUT2D eigenvalue weighted by atomic mass is 10.1. The van der Waals surface area contributed by atoms with E-state index in [0.29, 0.717) is 0 Å². The van der Waals surface area contributed by atoms with Crippen LogP contribution in [0.5, 0.6) is 0 Å². The Bertz CT molecular complexity index is 883. The summed E-state index contributed by atoms with van der Waals surface area (Å²) in [5.41, 5.74) is 1.28. The van der Waals surface area contributed by atoms with Crippen LogP contribution in [0.25, 0.3) is 10.2 Å². The number of carbonyl (C=O) groups is 1. The van der Waals surface area contributed by atoms with E-state index >= 15 is 0 Å². The highest BCUT2D eigenvalue weighted by molar-refractivity contribution is 7.18. The van der Waals surface area contributed by atoms with Crippen molar-refractivity contribution in [2.45, 2.75) is 34.2 Å². The van der Waals surface area contributed by atoms with E-state index in [-0.39, 0.29) is 11.8 Å². The summed E-state index contributed by atoms with van der Waals surface area (Å²) in [6.07, 6.45) is 0. The van der Waals surface area contributed by atoms with Gasteiger partial charge in [0, 0.05) is 50.1 Å². The standard InChI is InChI=1S/C21H31N5O2S/c1-14(2)21(27)26-7-5-25(6-8-26)19-18-15(3)16(4)29-20(18)23-17(22-19)13-24-9-11-28-12-10-24/h14H,5-13H2,1-4H3. The van der Waals surface area contributed by atoms with Gasteiger partial charge < -0.3 is 14.5 Å². The van der Waals surface area contributed by atoms with Gasteiger partial charge in [0.15, 0.2) is 0 Å². The molecule has 0 N–H and O–H groups in total. The number of amides is 1. The highest BCUT2D eigenvalue weighted by Gasteiger charge is 2.26. The third kappa shape index (κ3) is 4.25. The molecule has 2 aliphatic heterocycles. The molecule has 2 fully saturated rings. The average Bonchev–Trinajstić information content (AvgIpc) is 3.01. The minimum absolute atomic E-state index is 0.0502. The van der Waals surface area contributed by atoms with Crippen LogP contribution in [0.15, 0.2) is 0 Å². The lowest BCUT2D eigenvalue weighted by molar-refractivity contribution is -0.134. The van der Waals surface area contributed by atoms with Gasteiger partial charge in [0.05, 0.1) is 25.1 Å². The van der Waals surface area contributed by atoms with Crippen molar-refractivity contribution >= 4 is 33.3 Å². The summed E-state index contributed by atoms with van der Waals surface area (Å²) in [6.45, 7) is 15.6. The summed E-state index contributed by atoms with van der Waals surface area (Å²) >= 11 is 1.76. The molecule has 0 unspecified atom stereocenters. The van der Waals surface area contributed by atoms with Gasteiger partial charge in [-0.2, -0.15) is 0 Å². The van der Waals surface area contributed by atoms with Gasteiger partial charge in [-0.05, 0) is 19.4 Å². The number of hydrogen-bond acceptors (Lipinski definition) is 7. The molecule has 2 aliphatic rings. The predicted molar refractivity (Wildman–Crippen MR) is 117 cm³/mol. The van der Waals surface area contributed by atoms with Crippen molar-refractivity contribution in [1.29, 1.82) is 0 Å². The van der Waals surface area contributed by atoms with E-state index < -0.39 is 0 Å². The van der Waals surface area contributed by atoms with Gasteiger partial charge in [0.25, 0.3) is 0 Å². The number of ether oxygens (including phenoxy) is 1. The molecule has 29 heavy (non-hydrogen) atoms. The Morgan fingerprint density at radius 2 is 1.76 bits per heavy atom. The van der Waals surface area contributed by atoms with Crippen molar-refractivity contribution in [2.75, 3.05) is 57.4 Å². The molecule has 0 atom stereocenters. The first kappa shape index (κ1) is 20.5. The highest BCUT2D eigenvalue weighted by atomic mass is 32.1. The Labute approximate surface area is 176 Å². The van der Waals surface area contributed by atoms with Gasteiger partial charge >= 0.3 is 0 Å². The zero-order chi connectivity index (χ0) is 20.5. The maximum atomic E-state index is 12.4. The molecule has 7 nitrogen and oxygen atoms in total. The van der Waals surface area contributed by atoms with E-state index in [1.165, 1.54) is 15.8 Å². The van der Waals surface area contributed by atoms with E-state index in [0.717, 1.165) is 75.5 Å². The van der Waals surface area contributed by atoms with Crippen LogP contribution in [0.4, 0.5) is 5.82 Å². The zero-order valence-corrected chi connectivity index (χ0v) is 18.7. The van der Waals surface area contributed by atoms with Crippen LogP contribution in [0.3, 0.4) is 0 Å². The number of fused-ring (bicyclic) bond motifs is 1. The van der Waals surface area contributed by atoms with Crippen molar-refractivity contribution in [1.82, 2.24) is 19.8 Å². The van der Waals surface area contributed by atoms with Gasteiger partial charge in [-0.25, -0.2) is 9.97 Å². The monoisotopic (exact) mass is 417 g/mol. The van der Waals surface area contributed by atoms with Gasteiger partial charge in [-0.1, -0.05) is 13.8 Å². The molecule has 0 spiro atoms. The summed E-state index contributed by atoms with van der Waals surface area (Å²) in [7, 11) is 0. The Morgan fingerprint density at radius 1 is 1.07 bits per heavy atom. The van der Waals surface area contributed by atoms with E-state index in [4.69, 9.17) is 14.7 Å². The van der Waals surface area contributed by atoms with Crippen LogP contribution in [-0.2, 0) is 16.1 Å². The number of thiophene rings is 1. The average molecular weight is 418 g/mol. The smallest absolute Gasteiger partial charge is 0.225 e. The third-order valence-corrected chi connectivity index (χ3v) is 7.01. The van der Waals surface area contributed by atoms with Crippen molar-refractivity contribution < 1.29 is 9.53 Å². The highest BCUT2D eigenvalue weighted by Crippen LogP contribution is 2.35. The third-order valence-electron chi connectivity index (χ3n) is 5.91. The minimum atomic E-state index is 0.0502. The van der Waals surface area contributed by atoms with E-state index in [2.05, 4.69) is 23.6 Å². The topological polar surface area (TPSA) is 61.8 Å². The quantitative estimate of drug-likeness (QED) is 0.762. The fourth-order valence-electron chi connectivity index (χ4n) is 4.03. The van der Waals surface area contributed by atoms with E-state index in [9.17, 15) is 4.79 Å².